The Balaban J connectivity index is 2.02. The van der Waals surface area contributed by atoms with Gasteiger partial charge in [0.25, 0.3) is 0 Å². The molecule has 0 saturated heterocycles. The van der Waals surface area contributed by atoms with Gasteiger partial charge in [-0.3, -0.25) is 0 Å². The van der Waals surface area contributed by atoms with Crippen molar-refractivity contribution in [3.63, 3.8) is 0 Å². The fourth-order valence-corrected chi connectivity index (χ4v) is 2.65. The molecule has 16 heavy (non-hydrogen) atoms. The maximum Gasteiger partial charge on any atom is 0.0494 e. The highest BCUT2D eigenvalue weighted by Gasteiger charge is 2.14. The van der Waals surface area contributed by atoms with E-state index < -0.39 is 0 Å². The Morgan fingerprint density at radius 2 is 1.88 bits per heavy atom. The normalized spacial score (nSPS) is 19.9. The van der Waals surface area contributed by atoms with Crippen LogP contribution in [-0.2, 0) is 4.74 Å². The molecule has 1 unspecified atom stereocenters. The van der Waals surface area contributed by atoms with Crippen LogP contribution in [0, 0.1) is 11.8 Å². The third-order valence-electron chi connectivity index (χ3n) is 3.98. The van der Waals surface area contributed by atoms with Gasteiger partial charge in [-0.1, -0.05) is 52.4 Å². The van der Waals surface area contributed by atoms with Crippen molar-refractivity contribution in [3.05, 3.63) is 0 Å². The Hall–Kier alpha value is -0.0400. The Morgan fingerprint density at radius 3 is 2.50 bits per heavy atom. The number of rotatable bonds is 8. The lowest BCUT2D eigenvalue weighted by Gasteiger charge is -2.22. The van der Waals surface area contributed by atoms with Crippen molar-refractivity contribution in [3.8, 4) is 0 Å². The summed E-state index contributed by atoms with van der Waals surface area (Å²) in [6.45, 7) is 6.61. The van der Waals surface area contributed by atoms with Gasteiger partial charge < -0.3 is 4.74 Å². The van der Waals surface area contributed by atoms with Crippen molar-refractivity contribution in [2.45, 2.75) is 71.6 Å². The van der Waals surface area contributed by atoms with E-state index >= 15 is 0 Å². The maximum atomic E-state index is 5.92. The van der Waals surface area contributed by atoms with Crippen LogP contribution in [0.4, 0.5) is 0 Å². The van der Waals surface area contributed by atoms with Gasteiger partial charge in [0.15, 0.2) is 0 Å². The largest absolute Gasteiger partial charge is 0.381 e. The van der Waals surface area contributed by atoms with E-state index in [0.717, 1.165) is 25.0 Å². The molecule has 1 aliphatic carbocycles. The van der Waals surface area contributed by atoms with Crippen molar-refractivity contribution in [2.24, 2.45) is 11.8 Å². The minimum Gasteiger partial charge on any atom is -0.381 e. The Bertz CT molecular complexity index is 150. The van der Waals surface area contributed by atoms with E-state index in [2.05, 4.69) is 13.8 Å². The van der Waals surface area contributed by atoms with Crippen LogP contribution in [0.3, 0.4) is 0 Å². The highest BCUT2D eigenvalue weighted by atomic mass is 16.5. The average molecular weight is 226 g/mol. The standard InChI is InChI=1S/C15H30O/c1-3-5-9-14(4-2)12-16-13-15-10-7-6-8-11-15/h14-15H,3-13H2,1-2H3. The second kappa shape index (κ2) is 9.04. The van der Waals surface area contributed by atoms with Crippen LogP contribution in [0.5, 0.6) is 0 Å². The molecule has 0 aromatic heterocycles. The molecule has 0 amide bonds. The number of ether oxygens (including phenoxy) is 1. The number of hydrogen-bond donors (Lipinski definition) is 0. The molecule has 1 fully saturated rings. The van der Waals surface area contributed by atoms with E-state index in [1.54, 1.807) is 0 Å². The zero-order chi connectivity index (χ0) is 11.6. The quantitative estimate of drug-likeness (QED) is 0.577. The van der Waals surface area contributed by atoms with Gasteiger partial charge in [-0.15, -0.1) is 0 Å². The second-order valence-corrected chi connectivity index (χ2v) is 5.46. The van der Waals surface area contributed by atoms with Gasteiger partial charge in [-0.2, -0.15) is 0 Å². The van der Waals surface area contributed by atoms with E-state index in [4.69, 9.17) is 4.74 Å². The molecule has 0 spiro atoms. The van der Waals surface area contributed by atoms with Gasteiger partial charge in [0.1, 0.15) is 0 Å². The Morgan fingerprint density at radius 1 is 1.12 bits per heavy atom. The van der Waals surface area contributed by atoms with Crippen LogP contribution >= 0.6 is 0 Å². The fourth-order valence-electron chi connectivity index (χ4n) is 2.65. The summed E-state index contributed by atoms with van der Waals surface area (Å²) in [6.07, 6.45) is 12.5. The predicted octanol–water partition coefficient (Wildman–Crippen LogP) is 4.80. The van der Waals surface area contributed by atoms with Crippen LogP contribution in [0.15, 0.2) is 0 Å². The molecule has 1 rings (SSSR count). The second-order valence-electron chi connectivity index (χ2n) is 5.46. The zero-order valence-corrected chi connectivity index (χ0v) is 11.3. The minimum atomic E-state index is 0.809. The summed E-state index contributed by atoms with van der Waals surface area (Å²) in [6, 6.07) is 0. The van der Waals surface area contributed by atoms with Crippen molar-refractivity contribution in [2.75, 3.05) is 13.2 Å². The van der Waals surface area contributed by atoms with E-state index in [1.165, 1.54) is 57.8 Å². The molecular weight excluding hydrogens is 196 g/mol. The first-order valence-electron chi connectivity index (χ1n) is 7.44. The topological polar surface area (TPSA) is 9.23 Å². The van der Waals surface area contributed by atoms with Crippen LogP contribution < -0.4 is 0 Å². The van der Waals surface area contributed by atoms with Gasteiger partial charge in [0.2, 0.25) is 0 Å². The summed E-state index contributed by atoms with van der Waals surface area (Å²) in [7, 11) is 0. The summed E-state index contributed by atoms with van der Waals surface area (Å²) >= 11 is 0. The molecule has 0 N–H and O–H groups in total. The molecule has 0 aromatic carbocycles. The summed E-state index contributed by atoms with van der Waals surface area (Å²) in [4.78, 5) is 0. The van der Waals surface area contributed by atoms with E-state index in [0.29, 0.717) is 0 Å². The van der Waals surface area contributed by atoms with Crippen LogP contribution in [0.25, 0.3) is 0 Å². The van der Waals surface area contributed by atoms with Gasteiger partial charge in [-0.05, 0) is 31.1 Å². The molecule has 1 nitrogen and oxygen atoms in total. The molecule has 1 heteroatoms. The first kappa shape index (κ1) is 14.0. The summed E-state index contributed by atoms with van der Waals surface area (Å²) in [5.41, 5.74) is 0. The lowest BCUT2D eigenvalue weighted by molar-refractivity contribution is 0.0567. The highest BCUT2D eigenvalue weighted by Crippen LogP contribution is 2.24. The molecule has 96 valence electrons. The van der Waals surface area contributed by atoms with Crippen LogP contribution in [0.1, 0.15) is 71.6 Å². The van der Waals surface area contributed by atoms with Gasteiger partial charge >= 0.3 is 0 Å². The Labute approximate surface area is 102 Å². The molecule has 0 aromatic rings. The van der Waals surface area contributed by atoms with Gasteiger partial charge in [0, 0.05) is 13.2 Å². The van der Waals surface area contributed by atoms with Crippen molar-refractivity contribution >= 4 is 0 Å². The van der Waals surface area contributed by atoms with E-state index in [1.807, 2.05) is 0 Å². The average Bonchev–Trinajstić information content (AvgIpc) is 2.35. The van der Waals surface area contributed by atoms with E-state index in [-0.39, 0.29) is 0 Å². The van der Waals surface area contributed by atoms with Crippen molar-refractivity contribution < 1.29 is 4.74 Å². The number of hydrogen-bond acceptors (Lipinski definition) is 1. The molecule has 0 bridgehead atoms. The third-order valence-corrected chi connectivity index (χ3v) is 3.98. The van der Waals surface area contributed by atoms with Gasteiger partial charge in [-0.25, -0.2) is 0 Å². The molecule has 0 aliphatic heterocycles. The molecule has 1 aliphatic rings. The molecule has 0 radical (unpaired) electrons. The van der Waals surface area contributed by atoms with E-state index in [9.17, 15) is 0 Å². The summed E-state index contributed by atoms with van der Waals surface area (Å²) < 4.78 is 5.92. The van der Waals surface area contributed by atoms with Crippen LogP contribution in [0.2, 0.25) is 0 Å². The Kier molecular flexibility index (Phi) is 7.92. The first-order chi connectivity index (χ1) is 7.86. The first-order valence-corrected chi connectivity index (χ1v) is 7.44. The van der Waals surface area contributed by atoms with Gasteiger partial charge in [0.05, 0.1) is 0 Å². The maximum absolute atomic E-state index is 5.92. The summed E-state index contributed by atoms with van der Waals surface area (Å²) in [5, 5.41) is 0. The molecule has 1 atom stereocenters. The summed E-state index contributed by atoms with van der Waals surface area (Å²) in [5.74, 6) is 1.68. The minimum absolute atomic E-state index is 0.809. The van der Waals surface area contributed by atoms with Crippen molar-refractivity contribution in [1.82, 2.24) is 0 Å². The monoisotopic (exact) mass is 226 g/mol. The third kappa shape index (κ3) is 5.89. The predicted molar refractivity (Wildman–Crippen MR) is 70.7 cm³/mol. The molecule has 1 saturated carbocycles. The lowest BCUT2D eigenvalue weighted by Crippen LogP contribution is -2.17. The highest BCUT2D eigenvalue weighted by molar-refractivity contribution is 4.65. The zero-order valence-electron chi connectivity index (χ0n) is 11.3. The SMILES string of the molecule is CCCCC(CC)COCC1CCCCC1. The number of unbranched alkanes of at least 4 members (excludes halogenated alkanes) is 1. The molecular formula is C15H30O. The smallest absolute Gasteiger partial charge is 0.0494 e. The lowest BCUT2D eigenvalue weighted by atomic mass is 9.90. The van der Waals surface area contributed by atoms with Crippen LogP contribution in [-0.4, -0.2) is 13.2 Å². The fraction of sp³-hybridized carbons (Fsp3) is 1.00. The van der Waals surface area contributed by atoms with Crippen molar-refractivity contribution in [1.29, 1.82) is 0 Å². The molecule has 0 heterocycles.